The highest BCUT2D eigenvalue weighted by molar-refractivity contribution is 5.89. The molecule has 5 rings (SSSR count). The minimum atomic E-state index is 0.0960. The molecular weight excluding hydrogens is 312 g/mol. The van der Waals surface area contributed by atoms with Gasteiger partial charge in [0.2, 0.25) is 0 Å². The van der Waals surface area contributed by atoms with Crippen LogP contribution in [0.2, 0.25) is 0 Å². The van der Waals surface area contributed by atoms with Crippen LogP contribution in [-0.2, 0) is 5.41 Å². The second-order valence-corrected chi connectivity index (χ2v) is 7.55. The highest BCUT2D eigenvalue weighted by Crippen LogP contribution is 2.51. The van der Waals surface area contributed by atoms with Gasteiger partial charge in [0.25, 0.3) is 0 Å². The Hall–Kier alpha value is -2.86. The standard InChI is InChI=1S/C26H22/c1-3-26(2)24-11-7-6-10-22(24)23-15-14-21(17-25(23)26)20-13-12-18-8-4-5-9-19(18)16-20/h4-17H,3H2,1-2H3. The second-order valence-electron chi connectivity index (χ2n) is 7.55. The molecule has 126 valence electrons. The number of hydrogen-bond donors (Lipinski definition) is 0. The summed E-state index contributed by atoms with van der Waals surface area (Å²) >= 11 is 0. The van der Waals surface area contributed by atoms with Gasteiger partial charge in [0.15, 0.2) is 0 Å². The van der Waals surface area contributed by atoms with Crippen molar-refractivity contribution in [2.75, 3.05) is 0 Å². The molecule has 0 spiro atoms. The van der Waals surface area contributed by atoms with Crippen molar-refractivity contribution in [1.29, 1.82) is 0 Å². The summed E-state index contributed by atoms with van der Waals surface area (Å²) in [5.74, 6) is 0. The fourth-order valence-electron chi connectivity index (χ4n) is 4.51. The first-order valence-electron chi connectivity index (χ1n) is 9.44. The fraction of sp³-hybridized carbons (Fsp3) is 0.154. The van der Waals surface area contributed by atoms with E-state index >= 15 is 0 Å². The molecule has 4 aromatic rings. The Bertz CT molecular complexity index is 1140. The largest absolute Gasteiger partial charge is 0.0642 e. The van der Waals surface area contributed by atoms with Crippen molar-refractivity contribution in [3.63, 3.8) is 0 Å². The molecule has 0 amide bonds. The summed E-state index contributed by atoms with van der Waals surface area (Å²) in [4.78, 5) is 0. The highest BCUT2D eigenvalue weighted by Gasteiger charge is 2.37. The molecule has 1 aliphatic rings. The maximum absolute atomic E-state index is 2.42. The Labute approximate surface area is 155 Å². The highest BCUT2D eigenvalue weighted by atomic mass is 14.4. The maximum Gasteiger partial charge on any atom is 0.0184 e. The van der Waals surface area contributed by atoms with Gasteiger partial charge < -0.3 is 0 Å². The first-order valence-corrected chi connectivity index (χ1v) is 9.44. The van der Waals surface area contributed by atoms with Gasteiger partial charge in [-0.1, -0.05) is 86.6 Å². The van der Waals surface area contributed by atoms with Crippen LogP contribution in [-0.4, -0.2) is 0 Å². The molecule has 0 heterocycles. The zero-order valence-corrected chi connectivity index (χ0v) is 15.3. The molecule has 0 aromatic heterocycles. The quantitative estimate of drug-likeness (QED) is 0.363. The summed E-state index contributed by atoms with van der Waals surface area (Å²) in [6, 6.07) is 31.3. The summed E-state index contributed by atoms with van der Waals surface area (Å²) in [6.45, 7) is 4.69. The van der Waals surface area contributed by atoms with Crippen LogP contribution in [0.4, 0.5) is 0 Å². The van der Waals surface area contributed by atoms with E-state index in [4.69, 9.17) is 0 Å². The lowest BCUT2D eigenvalue weighted by Gasteiger charge is -2.26. The molecule has 0 fully saturated rings. The second kappa shape index (κ2) is 5.57. The topological polar surface area (TPSA) is 0 Å². The van der Waals surface area contributed by atoms with Crippen LogP contribution in [0.3, 0.4) is 0 Å². The zero-order valence-electron chi connectivity index (χ0n) is 15.3. The molecule has 0 saturated carbocycles. The third-order valence-corrected chi connectivity index (χ3v) is 6.22. The first kappa shape index (κ1) is 15.4. The van der Waals surface area contributed by atoms with Crippen LogP contribution in [0.1, 0.15) is 31.4 Å². The third-order valence-electron chi connectivity index (χ3n) is 6.22. The SMILES string of the molecule is CCC1(C)c2ccccc2-c2ccc(-c3ccc4ccccc4c3)cc21. The van der Waals surface area contributed by atoms with Crippen molar-refractivity contribution in [2.45, 2.75) is 25.7 Å². The lowest BCUT2D eigenvalue weighted by molar-refractivity contribution is 0.565. The van der Waals surface area contributed by atoms with E-state index in [0.717, 1.165) is 6.42 Å². The van der Waals surface area contributed by atoms with Gasteiger partial charge >= 0.3 is 0 Å². The van der Waals surface area contributed by atoms with Crippen LogP contribution < -0.4 is 0 Å². The molecule has 4 aromatic carbocycles. The minimum Gasteiger partial charge on any atom is -0.0642 e. The predicted molar refractivity (Wildman–Crippen MR) is 112 cm³/mol. The molecule has 0 nitrogen and oxygen atoms in total. The van der Waals surface area contributed by atoms with Gasteiger partial charge in [-0.15, -0.1) is 0 Å². The Kier molecular flexibility index (Phi) is 3.30. The van der Waals surface area contributed by atoms with E-state index in [1.165, 1.54) is 44.2 Å². The molecule has 0 radical (unpaired) electrons. The molecule has 1 atom stereocenters. The maximum atomic E-state index is 2.42. The Balaban J connectivity index is 1.70. The van der Waals surface area contributed by atoms with E-state index in [2.05, 4.69) is 98.8 Å². The van der Waals surface area contributed by atoms with E-state index in [0.29, 0.717) is 0 Å². The van der Waals surface area contributed by atoms with Crippen molar-refractivity contribution < 1.29 is 0 Å². The van der Waals surface area contributed by atoms with Crippen LogP contribution in [0.5, 0.6) is 0 Å². The van der Waals surface area contributed by atoms with Gasteiger partial charge in [-0.3, -0.25) is 0 Å². The van der Waals surface area contributed by atoms with Crippen molar-refractivity contribution in [3.05, 3.63) is 96.1 Å². The third kappa shape index (κ3) is 2.08. The molecule has 26 heavy (non-hydrogen) atoms. The van der Waals surface area contributed by atoms with Crippen LogP contribution in [0, 0.1) is 0 Å². The van der Waals surface area contributed by atoms with E-state index in [1.54, 1.807) is 0 Å². The van der Waals surface area contributed by atoms with E-state index < -0.39 is 0 Å². The van der Waals surface area contributed by atoms with E-state index in [-0.39, 0.29) is 5.41 Å². The number of fused-ring (bicyclic) bond motifs is 4. The summed E-state index contributed by atoms with van der Waals surface area (Å²) in [5, 5.41) is 2.59. The van der Waals surface area contributed by atoms with Gasteiger partial charge in [0.05, 0.1) is 0 Å². The van der Waals surface area contributed by atoms with Crippen molar-refractivity contribution in [1.82, 2.24) is 0 Å². The molecular formula is C26H22. The van der Waals surface area contributed by atoms with Gasteiger partial charge in [0, 0.05) is 5.41 Å². The number of rotatable bonds is 2. The van der Waals surface area contributed by atoms with Gasteiger partial charge in [-0.2, -0.15) is 0 Å². The average molecular weight is 334 g/mol. The van der Waals surface area contributed by atoms with Crippen LogP contribution in [0.25, 0.3) is 33.0 Å². The molecule has 0 aliphatic heterocycles. The van der Waals surface area contributed by atoms with Crippen molar-refractivity contribution >= 4 is 10.8 Å². The molecule has 1 unspecified atom stereocenters. The minimum absolute atomic E-state index is 0.0960. The van der Waals surface area contributed by atoms with Crippen molar-refractivity contribution in [2.24, 2.45) is 0 Å². The predicted octanol–water partition coefficient (Wildman–Crippen LogP) is 7.20. The molecule has 1 aliphatic carbocycles. The van der Waals surface area contributed by atoms with E-state index in [9.17, 15) is 0 Å². The van der Waals surface area contributed by atoms with Crippen LogP contribution in [0.15, 0.2) is 84.9 Å². The fourth-order valence-corrected chi connectivity index (χ4v) is 4.51. The number of benzene rings is 4. The summed E-state index contributed by atoms with van der Waals surface area (Å²) in [6.07, 6.45) is 1.11. The molecule has 0 bridgehead atoms. The zero-order chi connectivity index (χ0) is 17.7. The molecule has 0 saturated heterocycles. The van der Waals surface area contributed by atoms with Gasteiger partial charge in [-0.05, 0) is 62.7 Å². The average Bonchev–Trinajstić information content (AvgIpc) is 2.97. The molecule has 0 N–H and O–H groups in total. The normalized spacial score (nSPS) is 17.9. The smallest absolute Gasteiger partial charge is 0.0184 e. The lowest BCUT2D eigenvalue weighted by Crippen LogP contribution is -2.19. The van der Waals surface area contributed by atoms with Crippen LogP contribution >= 0.6 is 0 Å². The summed E-state index contributed by atoms with van der Waals surface area (Å²) in [7, 11) is 0. The monoisotopic (exact) mass is 334 g/mol. The lowest BCUT2D eigenvalue weighted by atomic mass is 9.77. The summed E-state index contributed by atoms with van der Waals surface area (Å²) in [5.41, 5.74) is 8.42. The molecule has 0 heteroatoms. The van der Waals surface area contributed by atoms with E-state index in [1.807, 2.05) is 0 Å². The Morgan fingerprint density at radius 1 is 0.615 bits per heavy atom. The Morgan fingerprint density at radius 2 is 1.27 bits per heavy atom. The number of hydrogen-bond acceptors (Lipinski definition) is 0. The van der Waals surface area contributed by atoms with Crippen molar-refractivity contribution in [3.8, 4) is 22.3 Å². The first-order chi connectivity index (χ1) is 12.7. The van der Waals surface area contributed by atoms with Gasteiger partial charge in [-0.25, -0.2) is 0 Å². The summed E-state index contributed by atoms with van der Waals surface area (Å²) < 4.78 is 0. The van der Waals surface area contributed by atoms with Gasteiger partial charge in [0.1, 0.15) is 0 Å². The Morgan fingerprint density at radius 3 is 2.12 bits per heavy atom.